The molecule has 50 valence electrons. The van der Waals surface area contributed by atoms with Crippen molar-refractivity contribution in [1.29, 1.82) is 0 Å². The molecule has 0 aliphatic heterocycles. The fourth-order valence-electron chi connectivity index (χ4n) is 0.792. The van der Waals surface area contributed by atoms with Crippen LogP contribution in [0.2, 0.25) is 0 Å². The van der Waals surface area contributed by atoms with Gasteiger partial charge in [-0.25, -0.2) is 0 Å². The van der Waals surface area contributed by atoms with E-state index in [0.29, 0.717) is 0 Å². The van der Waals surface area contributed by atoms with Gasteiger partial charge in [-0.2, -0.15) is 0 Å². The molecule has 0 aliphatic carbocycles. The molecule has 0 heterocycles. The fourth-order valence-corrected chi connectivity index (χ4v) is 7.42. The standard InChI is InChI=1S/C6H5.CHCl2.Hg/c1-2-4-6-5-3-1;2-1-3;/h1-5H;1H;. The van der Waals surface area contributed by atoms with Crippen LogP contribution >= 0.6 is 23.2 Å². The third kappa shape index (κ3) is 3.22. The second-order valence-corrected chi connectivity index (χ2v) is 15.3. The minimum absolute atomic E-state index is 0.0672. The van der Waals surface area contributed by atoms with Crippen LogP contribution in [0.15, 0.2) is 30.3 Å². The molecule has 0 atom stereocenters. The predicted octanol–water partition coefficient (Wildman–Crippen LogP) is 2.16. The third-order valence-electron chi connectivity index (χ3n) is 1.23. The second kappa shape index (κ2) is 4.58. The monoisotopic (exact) mass is 362 g/mol. The number of benzene rings is 1. The van der Waals surface area contributed by atoms with Crippen molar-refractivity contribution in [3.63, 3.8) is 0 Å². The Bertz CT molecular complexity index is 186. The Kier molecular flexibility index (Phi) is 4.04. The van der Waals surface area contributed by atoms with Gasteiger partial charge in [0.15, 0.2) is 0 Å². The molecule has 0 saturated carbocycles. The first-order chi connectivity index (χ1) is 4.79. The van der Waals surface area contributed by atoms with Crippen molar-refractivity contribution in [3.05, 3.63) is 30.3 Å². The molecule has 0 aliphatic rings. The van der Waals surface area contributed by atoms with Crippen LogP contribution in [0.4, 0.5) is 0 Å². The molecule has 1 aromatic carbocycles. The molecule has 0 spiro atoms. The third-order valence-corrected chi connectivity index (χ3v) is 8.81. The van der Waals surface area contributed by atoms with Crippen LogP contribution in [0.5, 0.6) is 0 Å². The first-order valence-electron chi connectivity index (χ1n) is 3.11. The summed E-state index contributed by atoms with van der Waals surface area (Å²) in [7, 11) is 0. The van der Waals surface area contributed by atoms with Crippen molar-refractivity contribution < 1.29 is 24.6 Å². The summed E-state index contributed by atoms with van der Waals surface area (Å²) in [5.74, 6) is 0. The van der Waals surface area contributed by atoms with Crippen molar-refractivity contribution in [2.45, 2.75) is 2.35 Å². The van der Waals surface area contributed by atoms with Gasteiger partial charge >= 0.3 is 83.5 Å². The van der Waals surface area contributed by atoms with Crippen molar-refractivity contribution in [2.75, 3.05) is 0 Å². The SMILES string of the molecule is Cl[CH](Cl)[Hg][c]1ccccc1. The van der Waals surface area contributed by atoms with E-state index < -0.39 is 24.6 Å². The molecule has 0 unspecified atom stereocenters. The van der Waals surface area contributed by atoms with E-state index in [4.69, 9.17) is 23.2 Å². The van der Waals surface area contributed by atoms with E-state index in [2.05, 4.69) is 12.1 Å². The molecule has 0 nitrogen and oxygen atoms in total. The Morgan fingerprint density at radius 1 is 1.10 bits per heavy atom. The second-order valence-electron chi connectivity index (χ2n) is 2.08. The van der Waals surface area contributed by atoms with Crippen molar-refractivity contribution in [3.8, 4) is 0 Å². The fraction of sp³-hybridized carbons (Fsp3) is 0.143. The molecule has 0 N–H and O–H groups in total. The Morgan fingerprint density at radius 3 is 2.20 bits per heavy atom. The van der Waals surface area contributed by atoms with Crippen LogP contribution in [-0.4, -0.2) is 2.35 Å². The first kappa shape index (κ1) is 8.83. The summed E-state index contributed by atoms with van der Waals surface area (Å²) in [4.78, 5) is 0. The van der Waals surface area contributed by atoms with Gasteiger partial charge in [0, 0.05) is 0 Å². The Hall–Kier alpha value is 0.735. The number of hydrogen-bond donors (Lipinski definition) is 0. The van der Waals surface area contributed by atoms with Crippen LogP contribution in [-0.2, 0) is 24.6 Å². The van der Waals surface area contributed by atoms with E-state index >= 15 is 0 Å². The van der Waals surface area contributed by atoms with Crippen molar-refractivity contribution in [2.24, 2.45) is 0 Å². The molecule has 0 bridgehead atoms. The van der Waals surface area contributed by atoms with Crippen molar-refractivity contribution >= 4 is 26.3 Å². The number of halogens is 2. The maximum absolute atomic E-state index is 5.68. The summed E-state index contributed by atoms with van der Waals surface area (Å²) >= 11 is 10.2. The molecule has 0 saturated heterocycles. The molecule has 1 rings (SSSR count). The van der Waals surface area contributed by atoms with Crippen LogP contribution in [0.3, 0.4) is 0 Å². The summed E-state index contributed by atoms with van der Waals surface area (Å²) in [6.45, 7) is 0. The molecular formula is C7H6Cl2Hg. The Balaban J connectivity index is 2.59. The van der Waals surface area contributed by atoms with Crippen LogP contribution in [0, 0.1) is 0 Å². The molecule has 0 radical (unpaired) electrons. The van der Waals surface area contributed by atoms with Gasteiger partial charge in [0.1, 0.15) is 0 Å². The molecule has 1 aromatic rings. The summed E-state index contributed by atoms with van der Waals surface area (Å²) in [5.41, 5.74) is 0. The van der Waals surface area contributed by atoms with Crippen LogP contribution in [0.1, 0.15) is 0 Å². The zero-order valence-corrected chi connectivity index (χ0v) is 12.4. The average molecular weight is 362 g/mol. The van der Waals surface area contributed by atoms with Gasteiger partial charge in [-0.15, -0.1) is 0 Å². The Morgan fingerprint density at radius 2 is 1.70 bits per heavy atom. The Labute approximate surface area is 83.0 Å². The van der Waals surface area contributed by atoms with Gasteiger partial charge in [0.2, 0.25) is 0 Å². The van der Waals surface area contributed by atoms with E-state index in [1.165, 1.54) is 3.07 Å². The van der Waals surface area contributed by atoms with Crippen LogP contribution in [0.25, 0.3) is 0 Å². The van der Waals surface area contributed by atoms with Gasteiger partial charge in [0.25, 0.3) is 0 Å². The minimum atomic E-state index is -1.15. The summed E-state index contributed by atoms with van der Waals surface area (Å²) in [6, 6.07) is 10.3. The number of alkyl halides is 2. The van der Waals surface area contributed by atoms with Crippen LogP contribution < -0.4 is 3.07 Å². The topological polar surface area (TPSA) is 0 Å². The summed E-state index contributed by atoms with van der Waals surface area (Å²) < 4.78 is 1.33. The van der Waals surface area contributed by atoms with Gasteiger partial charge in [-0.05, 0) is 0 Å². The van der Waals surface area contributed by atoms with E-state index in [-0.39, 0.29) is 2.35 Å². The zero-order chi connectivity index (χ0) is 7.40. The van der Waals surface area contributed by atoms with Gasteiger partial charge < -0.3 is 0 Å². The molecular weight excluding hydrogens is 356 g/mol. The van der Waals surface area contributed by atoms with Crippen molar-refractivity contribution in [1.82, 2.24) is 0 Å². The number of hydrogen-bond acceptors (Lipinski definition) is 0. The quantitative estimate of drug-likeness (QED) is 0.559. The maximum atomic E-state index is 5.68. The van der Waals surface area contributed by atoms with E-state index in [0.717, 1.165) is 0 Å². The van der Waals surface area contributed by atoms with Gasteiger partial charge in [-0.1, -0.05) is 0 Å². The molecule has 0 amide bonds. The predicted molar refractivity (Wildman–Crippen MR) is 41.6 cm³/mol. The average Bonchev–Trinajstić information content (AvgIpc) is 1.88. The zero-order valence-electron chi connectivity index (χ0n) is 5.43. The molecule has 0 aromatic heterocycles. The van der Waals surface area contributed by atoms with E-state index in [9.17, 15) is 0 Å². The summed E-state index contributed by atoms with van der Waals surface area (Å²) in [6.07, 6.45) is 0. The molecule has 10 heavy (non-hydrogen) atoms. The van der Waals surface area contributed by atoms with Gasteiger partial charge in [0.05, 0.1) is 0 Å². The first-order valence-corrected chi connectivity index (χ1v) is 9.90. The molecule has 0 fully saturated rings. The molecule has 3 heteroatoms. The number of rotatable bonds is 2. The van der Waals surface area contributed by atoms with E-state index in [1.54, 1.807) is 0 Å². The van der Waals surface area contributed by atoms with E-state index in [1.807, 2.05) is 18.2 Å². The summed E-state index contributed by atoms with van der Waals surface area (Å²) in [5, 5.41) is 0. The normalized spacial score (nSPS) is 9.50. The van der Waals surface area contributed by atoms with Gasteiger partial charge in [-0.3, -0.25) is 0 Å².